The normalized spacial score (nSPS) is 16.5. The fourth-order valence-corrected chi connectivity index (χ4v) is 4.96. The summed E-state index contributed by atoms with van der Waals surface area (Å²) in [7, 11) is 1.50. The molecule has 1 atom stereocenters. The predicted molar refractivity (Wildman–Crippen MR) is 70.5 cm³/mol. The van der Waals surface area contributed by atoms with Crippen LogP contribution in [0.1, 0.15) is 27.7 Å². The van der Waals surface area contributed by atoms with E-state index in [9.17, 15) is 9.59 Å². The minimum Gasteiger partial charge on any atom is -0.857 e. The fourth-order valence-electron chi connectivity index (χ4n) is 2.08. The predicted octanol–water partition coefficient (Wildman–Crippen LogP) is -0.860. The third-order valence-corrected chi connectivity index (χ3v) is 6.69. The Hall–Kier alpha value is -0.946. The molecule has 1 rings (SSSR count). The van der Waals surface area contributed by atoms with Crippen molar-refractivity contribution in [2.45, 2.75) is 27.7 Å². The monoisotopic (exact) mass is 319 g/mol. The van der Waals surface area contributed by atoms with Gasteiger partial charge in [0.2, 0.25) is 0 Å². The Bertz CT molecular complexity index is 371. The van der Waals surface area contributed by atoms with Crippen molar-refractivity contribution in [2.24, 2.45) is 5.92 Å². The fraction of sp³-hybridized carbons (Fsp3) is 0.538. The van der Waals surface area contributed by atoms with Crippen molar-refractivity contribution in [2.75, 3.05) is 14.2 Å². The molecule has 1 aliphatic carbocycles. The van der Waals surface area contributed by atoms with Crippen LogP contribution < -0.4 is 17.8 Å². The molecule has 0 aromatic rings. The summed E-state index contributed by atoms with van der Waals surface area (Å²) in [5.74, 6) is 0.329. The zero-order valence-electron chi connectivity index (χ0n) is 12.9. The quantitative estimate of drug-likeness (QED) is 0.508. The first kappa shape index (κ1) is 21.4. The van der Waals surface area contributed by atoms with Gasteiger partial charge in [-0.25, -0.2) is 0 Å². The van der Waals surface area contributed by atoms with E-state index in [2.05, 4.69) is 35.3 Å². The maximum absolute atomic E-state index is 10.6. The molecule has 0 heterocycles. The van der Waals surface area contributed by atoms with Crippen LogP contribution in [0.5, 0.6) is 0 Å². The Balaban J connectivity index is 0. The summed E-state index contributed by atoms with van der Waals surface area (Å²) in [6, 6.07) is 0. The average Bonchev–Trinajstić information content (AvgIpc) is 2.67. The molecule has 0 bridgehead atoms. The van der Waals surface area contributed by atoms with Gasteiger partial charge in [0.05, 0.1) is 0 Å². The molecule has 0 fully saturated rings. The zero-order valence-corrected chi connectivity index (χ0v) is 14.4. The van der Waals surface area contributed by atoms with Gasteiger partial charge in [0, 0.05) is 0 Å². The Morgan fingerprint density at radius 2 is 1.35 bits per heavy atom. The van der Waals surface area contributed by atoms with Gasteiger partial charge < -0.3 is 10.2 Å². The van der Waals surface area contributed by atoms with Gasteiger partial charge in [-0.3, -0.25) is 0 Å². The summed E-state index contributed by atoms with van der Waals surface area (Å²) < 4.78 is 6.80. The Morgan fingerprint density at radius 1 is 0.950 bits per heavy atom. The molecule has 0 aliphatic heterocycles. The summed E-state index contributed by atoms with van der Waals surface area (Å²) in [6.07, 6.45) is 1.36. The number of hydrogen-bond acceptors (Lipinski definition) is 4. The third kappa shape index (κ3) is 5.21. The van der Waals surface area contributed by atoms with E-state index in [1.807, 2.05) is 0 Å². The molecule has 20 heavy (non-hydrogen) atoms. The first-order chi connectivity index (χ1) is 9.54. The number of rotatable bonds is 5. The topological polar surface area (TPSA) is 104 Å². The van der Waals surface area contributed by atoms with E-state index < -0.39 is 18.4 Å². The largest absolute Gasteiger partial charge is 0.857 e. The molecule has 113 valence electrons. The first-order valence-electron chi connectivity index (χ1n) is 6.02. The molecule has 0 aromatic heterocycles. The van der Waals surface area contributed by atoms with E-state index in [4.69, 9.17) is 10.2 Å². The molecule has 0 radical (unpaired) electrons. The second kappa shape index (κ2) is 11.8. The third-order valence-electron chi connectivity index (χ3n) is 3.32. The number of amides is 2. The molecule has 6 nitrogen and oxygen atoms in total. The second-order valence-corrected chi connectivity index (χ2v) is 6.88. The van der Waals surface area contributed by atoms with Crippen LogP contribution in [0.25, 0.3) is 0 Å². The standard InChI is InChI=1S/C9H13.2CH3NO.2CH3O.Ti/c1-6-5-7(2)9(4)8(6)3;2*2-1-3;2*1-2;/h6H,1-4H3;2*1H,(H2,2,3);2*1H3;/q;;;2*-1;+4/p-2. The molecule has 2 N–H and O–H groups in total. The first-order valence-corrected chi connectivity index (χ1v) is 8.36. The second-order valence-electron chi connectivity index (χ2n) is 3.97. The smallest absolute Gasteiger partial charge is 0.153 e. The van der Waals surface area contributed by atoms with Gasteiger partial charge in [-0.05, 0) is 0 Å². The number of hydrogen-bond donors (Lipinski definition) is 2. The van der Waals surface area contributed by atoms with E-state index >= 15 is 0 Å². The molecule has 1 unspecified atom stereocenters. The molecule has 0 spiro atoms. The molecular formula is C13H23N2O4Ti. The van der Waals surface area contributed by atoms with Crippen LogP contribution in [0.3, 0.4) is 0 Å². The van der Waals surface area contributed by atoms with Crippen molar-refractivity contribution < 1.29 is 38.2 Å². The van der Waals surface area contributed by atoms with Crippen molar-refractivity contribution in [3.05, 3.63) is 20.6 Å². The molecular weight excluding hydrogens is 296 g/mol. The van der Waals surface area contributed by atoms with Crippen LogP contribution >= 0.6 is 0 Å². The molecule has 1 aliphatic rings. The molecule has 2 amide bonds. The van der Waals surface area contributed by atoms with E-state index in [0.29, 0.717) is 18.7 Å². The average molecular weight is 319 g/mol. The molecule has 0 aromatic carbocycles. The van der Waals surface area contributed by atoms with Crippen molar-refractivity contribution in [3.8, 4) is 0 Å². The molecule has 0 saturated heterocycles. The van der Waals surface area contributed by atoms with Crippen molar-refractivity contribution in [1.29, 1.82) is 0 Å². The maximum Gasteiger partial charge on any atom is -0.153 e. The molecule has 0 saturated carbocycles. The van der Waals surface area contributed by atoms with Crippen molar-refractivity contribution in [1.82, 2.24) is 7.60 Å². The van der Waals surface area contributed by atoms with E-state index in [1.54, 1.807) is 0 Å². The van der Waals surface area contributed by atoms with E-state index in [-0.39, 0.29) is 0 Å². The van der Waals surface area contributed by atoms with Crippen molar-refractivity contribution >= 4 is 12.8 Å². The van der Waals surface area contributed by atoms with Gasteiger partial charge in [-0.1, -0.05) is 0 Å². The summed E-state index contributed by atoms with van der Waals surface area (Å²) in [6.45, 7) is 8.38. The van der Waals surface area contributed by atoms with E-state index in [1.165, 1.54) is 20.6 Å². The summed E-state index contributed by atoms with van der Waals surface area (Å²) in [5.41, 5.74) is 3.84. The number of carbonyl (C=O) groups excluding carboxylic acids is 2. The minimum absolute atomic E-state index is 0.329. The van der Waals surface area contributed by atoms with Crippen LogP contribution in [0.2, 0.25) is 0 Å². The van der Waals surface area contributed by atoms with Crippen LogP contribution in [0, 0.1) is 5.92 Å². The van der Waals surface area contributed by atoms with Gasteiger partial charge in [0.15, 0.2) is 0 Å². The molecule has 7 heteroatoms. The number of allylic oxidation sites excluding steroid dienone is 4. The van der Waals surface area contributed by atoms with Crippen LogP contribution in [0.4, 0.5) is 0 Å². The van der Waals surface area contributed by atoms with Crippen LogP contribution in [0.15, 0.2) is 20.6 Å². The Morgan fingerprint density at radius 3 is 1.60 bits per heavy atom. The number of nitrogens with one attached hydrogen (secondary N) is 2. The van der Waals surface area contributed by atoms with Gasteiger partial charge >= 0.3 is 103 Å². The Kier molecular flexibility index (Phi) is 12.6. The SMILES string of the molecule is CC1=C(C)C(C)[C]([Ti+2]([NH]C=O)[NH]C=O)=C1C.C[O-].C[O-]. The zero-order chi connectivity index (χ0) is 16.3. The van der Waals surface area contributed by atoms with E-state index in [0.717, 1.165) is 14.2 Å². The maximum atomic E-state index is 10.6. The van der Waals surface area contributed by atoms with Crippen molar-refractivity contribution in [3.63, 3.8) is 0 Å². The summed E-state index contributed by atoms with van der Waals surface area (Å²) in [4.78, 5) is 21.1. The Labute approximate surface area is 127 Å². The van der Waals surface area contributed by atoms with Gasteiger partial charge in [0.25, 0.3) is 0 Å². The van der Waals surface area contributed by atoms with Gasteiger partial charge in [-0.2, -0.15) is 14.2 Å². The summed E-state index contributed by atoms with van der Waals surface area (Å²) in [5, 5.41) is 16.5. The van der Waals surface area contributed by atoms with Gasteiger partial charge in [-0.15, -0.1) is 0 Å². The van der Waals surface area contributed by atoms with Crippen LogP contribution in [-0.2, 0) is 28.0 Å². The summed E-state index contributed by atoms with van der Waals surface area (Å²) >= 11 is -2.17. The number of carbonyl (C=O) groups is 2. The minimum atomic E-state index is -2.17. The van der Waals surface area contributed by atoms with Gasteiger partial charge in [0.1, 0.15) is 0 Å². The van der Waals surface area contributed by atoms with Crippen LogP contribution in [-0.4, -0.2) is 27.0 Å².